The van der Waals surface area contributed by atoms with Gasteiger partial charge in [-0.1, -0.05) is 39.8 Å². The average Bonchev–Trinajstić information content (AvgIpc) is 3.32. The van der Waals surface area contributed by atoms with Crippen molar-refractivity contribution >= 4 is 55.2 Å². The molecule has 7 heteroatoms. The Bertz CT molecular complexity index is 936. The quantitative estimate of drug-likeness (QED) is 0.405. The number of amides is 1. The third-order valence-electron chi connectivity index (χ3n) is 4.46. The van der Waals surface area contributed by atoms with E-state index in [9.17, 15) is 4.79 Å². The molecule has 1 atom stereocenters. The Morgan fingerprint density at radius 1 is 1.23 bits per heavy atom. The highest BCUT2D eigenvalue weighted by molar-refractivity contribution is 9.10. The fraction of sp³-hybridized carbons (Fsp3) is 0.316. The molecule has 0 radical (unpaired) electrons. The Labute approximate surface area is 169 Å². The number of carbonyl (C=O) groups is 1. The summed E-state index contributed by atoms with van der Waals surface area (Å²) < 4.78 is 2.11. The molecule has 0 unspecified atom stereocenters. The highest BCUT2D eigenvalue weighted by atomic mass is 79.9. The number of hydrogen-bond acceptors (Lipinski definition) is 5. The van der Waals surface area contributed by atoms with Crippen molar-refractivity contribution in [3.63, 3.8) is 0 Å². The van der Waals surface area contributed by atoms with Crippen molar-refractivity contribution in [2.45, 2.75) is 30.0 Å². The second kappa shape index (κ2) is 7.66. The Morgan fingerprint density at radius 2 is 1.96 bits per heavy atom. The predicted molar refractivity (Wildman–Crippen MR) is 112 cm³/mol. The van der Waals surface area contributed by atoms with Crippen LogP contribution >= 0.6 is 39.0 Å². The summed E-state index contributed by atoms with van der Waals surface area (Å²) in [7, 11) is 0. The van der Waals surface area contributed by atoms with Crippen LogP contribution in [0.25, 0.3) is 20.7 Å². The molecule has 1 aliphatic heterocycles. The maximum atomic E-state index is 12.6. The van der Waals surface area contributed by atoms with E-state index in [2.05, 4.69) is 44.1 Å². The third kappa shape index (κ3) is 3.66. The normalized spacial score (nSPS) is 15.5. The Morgan fingerprint density at radius 3 is 2.69 bits per heavy atom. The van der Waals surface area contributed by atoms with E-state index < -0.39 is 0 Å². The summed E-state index contributed by atoms with van der Waals surface area (Å²) in [5.41, 5.74) is 2.10. The number of aromatic nitrogens is 2. The molecule has 0 bridgehead atoms. The molecule has 0 spiro atoms. The van der Waals surface area contributed by atoms with Gasteiger partial charge in [0.05, 0.1) is 15.5 Å². The average molecular weight is 448 g/mol. The largest absolute Gasteiger partial charge is 0.342 e. The Balaban J connectivity index is 1.61. The van der Waals surface area contributed by atoms with Crippen molar-refractivity contribution in [2.24, 2.45) is 0 Å². The maximum absolute atomic E-state index is 12.6. The van der Waals surface area contributed by atoms with Crippen LogP contribution in [0.15, 0.2) is 46.2 Å². The Kier molecular flexibility index (Phi) is 5.29. The zero-order valence-corrected chi connectivity index (χ0v) is 17.5. The second-order valence-electron chi connectivity index (χ2n) is 6.30. The number of rotatable bonds is 4. The number of likely N-dealkylation sites (tertiary alicyclic amines) is 1. The highest BCUT2D eigenvalue weighted by Crippen LogP contribution is 2.38. The molecule has 4 nitrogen and oxygen atoms in total. The monoisotopic (exact) mass is 447 g/mol. The fourth-order valence-electron chi connectivity index (χ4n) is 3.09. The summed E-state index contributed by atoms with van der Waals surface area (Å²) in [4.78, 5) is 24.6. The van der Waals surface area contributed by atoms with E-state index in [-0.39, 0.29) is 11.2 Å². The van der Waals surface area contributed by atoms with Gasteiger partial charge in [-0.25, -0.2) is 9.97 Å². The van der Waals surface area contributed by atoms with Gasteiger partial charge < -0.3 is 4.90 Å². The standard InChI is InChI=1S/C19H18BrN3OS2/c1-12(19(24)23-8-2-3-9-23)25-18-17-15(21-11-22-18)10-16(26-17)13-4-6-14(20)7-5-13/h4-7,10-12H,2-3,8-9H2,1H3/t12-/m1/s1. The molecule has 1 aliphatic rings. The minimum atomic E-state index is -0.135. The minimum absolute atomic E-state index is 0.135. The van der Waals surface area contributed by atoms with Crippen LogP contribution in [-0.2, 0) is 4.79 Å². The van der Waals surface area contributed by atoms with Crippen molar-refractivity contribution in [1.82, 2.24) is 14.9 Å². The van der Waals surface area contributed by atoms with E-state index in [1.54, 1.807) is 17.7 Å². The van der Waals surface area contributed by atoms with Crippen molar-refractivity contribution in [1.29, 1.82) is 0 Å². The first-order valence-corrected chi connectivity index (χ1v) is 11.1. The molecule has 4 rings (SSSR count). The van der Waals surface area contributed by atoms with Gasteiger partial charge in [0.15, 0.2) is 0 Å². The van der Waals surface area contributed by atoms with Crippen LogP contribution in [-0.4, -0.2) is 39.1 Å². The summed E-state index contributed by atoms with van der Waals surface area (Å²) >= 11 is 6.70. The van der Waals surface area contributed by atoms with Crippen LogP contribution < -0.4 is 0 Å². The van der Waals surface area contributed by atoms with Crippen LogP contribution in [0.5, 0.6) is 0 Å². The van der Waals surface area contributed by atoms with Gasteiger partial charge in [0.25, 0.3) is 0 Å². The van der Waals surface area contributed by atoms with Gasteiger partial charge in [0, 0.05) is 22.4 Å². The molecule has 3 heterocycles. The van der Waals surface area contributed by atoms with Crippen LogP contribution in [0.1, 0.15) is 19.8 Å². The van der Waals surface area contributed by atoms with Crippen LogP contribution in [0.4, 0.5) is 0 Å². The number of hydrogen-bond donors (Lipinski definition) is 0. The molecule has 0 N–H and O–H groups in total. The molecule has 1 saturated heterocycles. The SMILES string of the molecule is C[C@@H](Sc1ncnc2cc(-c3ccc(Br)cc3)sc12)C(=O)N1CCCC1. The molecular formula is C19H18BrN3OS2. The molecule has 26 heavy (non-hydrogen) atoms. The zero-order chi connectivity index (χ0) is 18.1. The lowest BCUT2D eigenvalue weighted by molar-refractivity contribution is -0.129. The number of thiophene rings is 1. The van der Waals surface area contributed by atoms with Crippen molar-refractivity contribution in [3.05, 3.63) is 41.1 Å². The molecular weight excluding hydrogens is 430 g/mol. The first-order chi connectivity index (χ1) is 12.6. The fourth-order valence-corrected chi connectivity index (χ4v) is 5.52. The number of nitrogens with zero attached hydrogens (tertiary/aromatic N) is 3. The molecule has 0 saturated carbocycles. The molecule has 3 aromatic rings. The topological polar surface area (TPSA) is 46.1 Å². The van der Waals surface area contributed by atoms with E-state index in [0.29, 0.717) is 0 Å². The molecule has 2 aromatic heterocycles. The molecule has 1 fully saturated rings. The zero-order valence-electron chi connectivity index (χ0n) is 14.3. The first kappa shape index (κ1) is 17.9. The molecule has 134 valence electrons. The summed E-state index contributed by atoms with van der Waals surface area (Å²) in [5.74, 6) is 0.212. The number of fused-ring (bicyclic) bond motifs is 1. The van der Waals surface area contributed by atoms with Gasteiger partial charge in [-0.3, -0.25) is 4.79 Å². The van der Waals surface area contributed by atoms with Crippen LogP contribution in [0.3, 0.4) is 0 Å². The van der Waals surface area contributed by atoms with E-state index in [4.69, 9.17) is 0 Å². The number of halogens is 1. The van der Waals surface area contributed by atoms with Crippen molar-refractivity contribution < 1.29 is 4.79 Å². The van der Waals surface area contributed by atoms with Gasteiger partial charge in [-0.15, -0.1) is 11.3 Å². The van der Waals surface area contributed by atoms with E-state index in [1.807, 2.05) is 24.0 Å². The molecule has 1 aromatic carbocycles. The molecule has 1 amide bonds. The van der Waals surface area contributed by atoms with Crippen molar-refractivity contribution in [2.75, 3.05) is 13.1 Å². The number of benzene rings is 1. The highest BCUT2D eigenvalue weighted by Gasteiger charge is 2.25. The Hall–Kier alpha value is -1.44. The van der Waals surface area contributed by atoms with Gasteiger partial charge in [0.2, 0.25) is 5.91 Å². The summed E-state index contributed by atoms with van der Waals surface area (Å²) in [5, 5.41) is 0.757. The van der Waals surface area contributed by atoms with E-state index >= 15 is 0 Å². The van der Waals surface area contributed by atoms with E-state index in [0.717, 1.165) is 56.1 Å². The van der Waals surface area contributed by atoms with Crippen LogP contribution in [0, 0.1) is 0 Å². The summed E-state index contributed by atoms with van der Waals surface area (Å²) in [6, 6.07) is 10.4. The van der Waals surface area contributed by atoms with Gasteiger partial charge >= 0.3 is 0 Å². The lowest BCUT2D eigenvalue weighted by atomic mass is 10.2. The molecule has 0 aliphatic carbocycles. The first-order valence-electron chi connectivity index (χ1n) is 8.58. The third-order valence-corrected chi connectivity index (χ3v) is 7.39. The smallest absolute Gasteiger partial charge is 0.235 e. The summed E-state index contributed by atoms with van der Waals surface area (Å²) in [6.45, 7) is 3.74. The minimum Gasteiger partial charge on any atom is -0.342 e. The lowest BCUT2D eigenvalue weighted by Gasteiger charge is -2.19. The summed E-state index contributed by atoms with van der Waals surface area (Å²) in [6.07, 6.45) is 3.82. The van der Waals surface area contributed by atoms with E-state index in [1.165, 1.54) is 11.8 Å². The van der Waals surface area contributed by atoms with Crippen LogP contribution in [0.2, 0.25) is 0 Å². The lowest BCUT2D eigenvalue weighted by Crippen LogP contribution is -2.34. The van der Waals surface area contributed by atoms with Gasteiger partial charge in [-0.05, 0) is 43.5 Å². The number of carbonyl (C=O) groups excluding carboxylic acids is 1. The second-order valence-corrected chi connectivity index (χ2v) is 9.60. The van der Waals surface area contributed by atoms with Gasteiger partial charge in [-0.2, -0.15) is 0 Å². The van der Waals surface area contributed by atoms with Crippen molar-refractivity contribution in [3.8, 4) is 10.4 Å². The number of thioether (sulfide) groups is 1. The van der Waals surface area contributed by atoms with Gasteiger partial charge in [0.1, 0.15) is 11.4 Å². The maximum Gasteiger partial charge on any atom is 0.235 e. The predicted octanol–water partition coefficient (Wildman–Crippen LogP) is 5.22.